The third kappa shape index (κ3) is 46.3. The number of allylic oxidation sites excluding steroid dienone is 2. The fourth-order valence-electron chi connectivity index (χ4n) is 7.30. The van der Waals surface area contributed by atoms with Crippen LogP contribution in [0.5, 0.6) is 0 Å². The van der Waals surface area contributed by atoms with Crippen molar-refractivity contribution in [1.82, 2.24) is 0 Å². The first-order valence-corrected chi connectivity index (χ1v) is 26.9. The summed E-state index contributed by atoms with van der Waals surface area (Å²) in [5.74, 6) is -0.845. The first-order chi connectivity index (χ1) is 29.0. The summed E-state index contributed by atoms with van der Waals surface area (Å²) in [6, 6.07) is 0. The van der Waals surface area contributed by atoms with Gasteiger partial charge >= 0.3 is 11.9 Å². The van der Waals surface area contributed by atoms with Gasteiger partial charge in [-0.15, -0.1) is 0 Å². The van der Waals surface area contributed by atoms with Crippen molar-refractivity contribution in [2.24, 2.45) is 0 Å². The SMILES string of the molecule is CCCCCCCCCCC/C=C/CCCCC(=O)OC[C@H](COP(=O)([O-])OCC[N+](C)(C)C)OC(=O)CCCCCCCCCCCCCCCCCCCCCCC. The van der Waals surface area contributed by atoms with E-state index in [2.05, 4.69) is 26.0 Å². The van der Waals surface area contributed by atoms with E-state index in [1.54, 1.807) is 0 Å². The minimum absolute atomic E-state index is 0.0301. The molecule has 10 heteroatoms. The minimum Gasteiger partial charge on any atom is -0.756 e. The van der Waals surface area contributed by atoms with Crippen LogP contribution in [0, 0.1) is 0 Å². The molecule has 0 saturated heterocycles. The van der Waals surface area contributed by atoms with Crippen LogP contribution in [-0.2, 0) is 32.7 Å². The molecule has 356 valence electrons. The van der Waals surface area contributed by atoms with E-state index in [1.807, 2.05) is 21.1 Å². The van der Waals surface area contributed by atoms with Gasteiger partial charge in [0.1, 0.15) is 19.8 Å². The number of carbonyl (C=O) groups is 2. The Labute approximate surface area is 371 Å². The van der Waals surface area contributed by atoms with Gasteiger partial charge in [-0.25, -0.2) is 0 Å². The summed E-state index contributed by atoms with van der Waals surface area (Å²) < 4.78 is 34.0. The van der Waals surface area contributed by atoms with Gasteiger partial charge in [0.25, 0.3) is 7.82 Å². The lowest BCUT2D eigenvalue weighted by Crippen LogP contribution is -2.37. The van der Waals surface area contributed by atoms with Crippen molar-refractivity contribution in [2.45, 2.75) is 251 Å². The molecule has 0 aliphatic heterocycles. The highest BCUT2D eigenvalue weighted by Crippen LogP contribution is 2.38. The van der Waals surface area contributed by atoms with Gasteiger partial charge in [0.15, 0.2) is 6.10 Å². The van der Waals surface area contributed by atoms with Crippen LogP contribution < -0.4 is 4.89 Å². The second-order valence-electron chi connectivity index (χ2n) is 18.5. The fraction of sp³-hybridized carbons (Fsp3) is 0.920. The Morgan fingerprint density at radius 1 is 0.500 bits per heavy atom. The molecule has 60 heavy (non-hydrogen) atoms. The Morgan fingerprint density at radius 2 is 0.850 bits per heavy atom. The van der Waals surface area contributed by atoms with Gasteiger partial charge < -0.3 is 27.9 Å². The van der Waals surface area contributed by atoms with E-state index in [4.69, 9.17) is 18.5 Å². The molecule has 0 saturated carbocycles. The van der Waals surface area contributed by atoms with Crippen molar-refractivity contribution < 1.29 is 42.1 Å². The summed E-state index contributed by atoms with van der Waals surface area (Å²) in [7, 11) is 1.17. The molecule has 0 radical (unpaired) electrons. The predicted octanol–water partition coefficient (Wildman–Crippen LogP) is 14.3. The van der Waals surface area contributed by atoms with E-state index in [1.165, 1.54) is 173 Å². The van der Waals surface area contributed by atoms with Gasteiger partial charge in [0.05, 0.1) is 27.7 Å². The van der Waals surface area contributed by atoms with Crippen LogP contribution in [0.1, 0.15) is 245 Å². The zero-order valence-electron chi connectivity index (χ0n) is 40.2. The van der Waals surface area contributed by atoms with Gasteiger partial charge in [-0.05, 0) is 38.5 Å². The molecule has 0 bridgehead atoms. The highest BCUT2D eigenvalue weighted by Gasteiger charge is 2.21. The summed E-state index contributed by atoms with van der Waals surface area (Å²) in [5, 5.41) is 0. The quantitative estimate of drug-likeness (QED) is 0.0195. The van der Waals surface area contributed by atoms with Crippen LogP contribution in [0.15, 0.2) is 12.2 Å². The van der Waals surface area contributed by atoms with Crippen molar-refractivity contribution in [3.8, 4) is 0 Å². The lowest BCUT2D eigenvalue weighted by molar-refractivity contribution is -0.870. The molecular weight excluding hydrogens is 774 g/mol. The summed E-state index contributed by atoms with van der Waals surface area (Å²) in [4.78, 5) is 37.7. The molecule has 9 nitrogen and oxygen atoms in total. The summed E-state index contributed by atoms with van der Waals surface area (Å²) in [6.45, 7) is 4.25. The normalized spacial score (nSPS) is 13.5. The summed E-state index contributed by atoms with van der Waals surface area (Å²) in [5.41, 5.74) is 0. The van der Waals surface area contributed by atoms with Crippen molar-refractivity contribution in [3.05, 3.63) is 12.2 Å². The molecule has 0 fully saturated rings. The maximum atomic E-state index is 12.7. The number of esters is 2. The molecule has 0 aliphatic rings. The van der Waals surface area contributed by atoms with E-state index < -0.39 is 32.5 Å². The fourth-order valence-corrected chi connectivity index (χ4v) is 8.03. The van der Waals surface area contributed by atoms with E-state index in [-0.39, 0.29) is 26.1 Å². The standard InChI is InChI=1S/C50H98NO8P/c1-6-8-10-12-14-16-18-20-22-23-24-25-26-27-29-31-33-35-37-39-41-43-50(53)59-48(47-58-60(54,55)57-45-44-51(3,4)5)46-56-49(52)42-40-38-36-34-32-30-28-21-19-17-15-13-11-9-7-2/h32,34,48H,6-31,33,35-47H2,1-5H3/b34-32+/t48-/m1/s1. The smallest absolute Gasteiger partial charge is 0.306 e. The number of nitrogens with zero attached hydrogens (tertiary/aromatic N) is 1. The van der Waals surface area contributed by atoms with Crippen LogP contribution in [0.25, 0.3) is 0 Å². The van der Waals surface area contributed by atoms with Crippen molar-refractivity contribution in [2.75, 3.05) is 47.5 Å². The summed E-state index contributed by atoms with van der Waals surface area (Å²) >= 11 is 0. The first kappa shape index (κ1) is 58.8. The number of likely N-dealkylation sites (N-methyl/N-ethyl adjacent to an activating group) is 1. The number of unbranched alkanes of at least 4 members (excludes halogenated alkanes) is 31. The highest BCUT2D eigenvalue weighted by atomic mass is 31.2. The van der Waals surface area contributed by atoms with Crippen LogP contribution in [0.4, 0.5) is 0 Å². The molecule has 0 aliphatic carbocycles. The lowest BCUT2D eigenvalue weighted by atomic mass is 10.0. The number of hydrogen-bond acceptors (Lipinski definition) is 8. The molecule has 0 heterocycles. The van der Waals surface area contributed by atoms with E-state index in [9.17, 15) is 19.0 Å². The Kier molecular flexibility index (Phi) is 42.1. The van der Waals surface area contributed by atoms with Gasteiger partial charge in [-0.2, -0.15) is 0 Å². The average molecular weight is 872 g/mol. The minimum atomic E-state index is -4.63. The molecule has 0 amide bonds. The number of phosphoric ester groups is 1. The number of hydrogen-bond donors (Lipinski definition) is 0. The maximum absolute atomic E-state index is 12.7. The molecule has 0 spiro atoms. The zero-order valence-corrected chi connectivity index (χ0v) is 41.1. The Morgan fingerprint density at radius 3 is 1.27 bits per heavy atom. The second-order valence-corrected chi connectivity index (χ2v) is 20.0. The maximum Gasteiger partial charge on any atom is 0.306 e. The first-order valence-electron chi connectivity index (χ1n) is 25.4. The van der Waals surface area contributed by atoms with Gasteiger partial charge in [0.2, 0.25) is 0 Å². The largest absolute Gasteiger partial charge is 0.756 e. The Bertz CT molecular complexity index is 1030. The summed E-state index contributed by atoms with van der Waals surface area (Å²) in [6.07, 6.45) is 46.7. The van der Waals surface area contributed by atoms with E-state index in [0.717, 1.165) is 32.1 Å². The molecule has 0 aromatic carbocycles. The number of carbonyl (C=O) groups excluding carboxylic acids is 2. The monoisotopic (exact) mass is 872 g/mol. The number of rotatable bonds is 47. The molecule has 0 aromatic heterocycles. The van der Waals surface area contributed by atoms with Crippen LogP contribution in [-0.4, -0.2) is 70.0 Å². The van der Waals surface area contributed by atoms with Crippen molar-refractivity contribution >= 4 is 19.8 Å². The lowest BCUT2D eigenvalue weighted by Gasteiger charge is -2.28. The van der Waals surface area contributed by atoms with Crippen molar-refractivity contribution in [3.63, 3.8) is 0 Å². The van der Waals surface area contributed by atoms with Crippen molar-refractivity contribution in [1.29, 1.82) is 0 Å². The molecular formula is C50H98NO8P. The molecule has 0 rings (SSSR count). The third-order valence-electron chi connectivity index (χ3n) is 11.3. The average Bonchev–Trinajstić information content (AvgIpc) is 3.20. The van der Waals surface area contributed by atoms with E-state index >= 15 is 0 Å². The third-order valence-corrected chi connectivity index (χ3v) is 12.2. The number of ether oxygens (including phenoxy) is 2. The van der Waals surface area contributed by atoms with Gasteiger partial charge in [-0.1, -0.05) is 206 Å². The predicted molar refractivity (Wildman–Crippen MR) is 250 cm³/mol. The highest BCUT2D eigenvalue weighted by molar-refractivity contribution is 7.45. The van der Waals surface area contributed by atoms with E-state index in [0.29, 0.717) is 23.9 Å². The molecule has 0 aromatic rings. The zero-order chi connectivity index (χ0) is 44.3. The second kappa shape index (κ2) is 43.0. The molecule has 2 atom stereocenters. The Hall–Kier alpha value is -1.25. The topological polar surface area (TPSA) is 111 Å². The van der Waals surface area contributed by atoms with Gasteiger partial charge in [0, 0.05) is 12.8 Å². The van der Waals surface area contributed by atoms with Crippen LogP contribution in [0.2, 0.25) is 0 Å². The number of phosphoric acid groups is 1. The molecule has 0 N–H and O–H groups in total. The van der Waals surface area contributed by atoms with Crippen LogP contribution >= 0.6 is 7.82 Å². The van der Waals surface area contributed by atoms with Gasteiger partial charge in [-0.3, -0.25) is 14.2 Å². The van der Waals surface area contributed by atoms with Crippen LogP contribution in [0.3, 0.4) is 0 Å². The Balaban J connectivity index is 4.23. The number of quaternary nitrogens is 1. The molecule has 1 unspecified atom stereocenters.